The molecule has 8 atom stereocenters. The van der Waals surface area contributed by atoms with E-state index in [-0.39, 0.29) is 30.0 Å². The van der Waals surface area contributed by atoms with E-state index in [4.69, 9.17) is 18.9 Å². The van der Waals surface area contributed by atoms with Gasteiger partial charge < -0.3 is 18.9 Å². The van der Waals surface area contributed by atoms with Gasteiger partial charge in [0, 0.05) is 49.5 Å². The van der Waals surface area contributed by atoms with Gasteiger partial charge in [-0.15, -0.1) is 0 Å². The summed E-state index contributed by atoms with van der Waals surface area (Å²) in [6.07, 6.45) is -3.06. The lowest BCUT2D eigenvalue weighted by molar-refractivity contribution is -0.176. The molecule has 11 nitrogen and oxygen atoms in total. The molecule has 0 aromatic heterocycles. The summed E-state index contributed by atoms with van der Waals surface area (Å²) in [5, 5.41) is 0. The topological polar surface area (TPSA) is 156 Å². The Bertz CT molecular complexity index is 1240. The zero-order valence-electron chi connectivity index (χ0n) is 27.4. The molecule has 1 saturated carbocycles. The van der Waals surface area contributed by atoms with Gasteiger partial charge in [0.1, 0.15) is 23.8 Å². The molecular weight excluding hydrogens is 572 g/mol. The number of esters is 4. The summed E-state index contributed by atoms with van der Waals surface area (Å²) in [6, 6.07) is 0. The van der Waals surface area contributed by atoms with Crippen molar-refractivity contribution in [1.82, 2.24) is 0 Å². The first-order chi connectivity index (χ1) is 20.2. The molecule has 2 rings (SSSR count). The average molecular weight is 619 g/mol. The van der Waals surface area contributed by atoms with Crippen LogP contribution >= 0.6 is 0 Å². The van der Waals surface area contributed by atoms with Crippen LogP contribution < -0.4 is 0 Å². The highest BCUT2D eigenvalue weighted by Crippen LogP contribution is 2.56. The lowest BCUT2D eigenvalue weighted by atomic mass is 9.63. The molecule has 0 bridgehead atoms. The Morgan fingerprint density at radius 2 is 1.36 bits per heavy atom. The standard InChI is InChI=1S/C33H46O11/c1-16(2)31(40)44-28-27(43-23(9)37)20(6)26(42-22(8)36)24-25(41-21(7)35)18(4)14-33(24,15-19(5)34)29(38)17(3)12-13-32(10,11)30(28)39/h12-13,16-18,24-28H,6,14-15H2,1-5,7-11H3/b13-12+/t17-,18+,24-,25+,26+,27+,28-,33-/m1/s1. The van der Waals surface area contributed by atoms with E-state index in [1.165, 1.54) is 19.9 Å². The highest BCUT2D eigenvalue weighted by molar-refractivity contribution is 5.95. The zero-order valence-corrected chi connectivity index (χ0v) is 27.4. The minimum absolute atomic E-state index is 0.101. The van der Waals surface area contributed by atoms with Gasteiger partial charge in [-0.05, 0) is 33.1 Å². The molecule has 0 unspecified atom stereocenters. The summed E-state index contributed by atoms with van der Waals surface area (Å²) in [6.45, 7) is 18.5. The maximum absolute atomic E-state index is 14.5. The predicted octanol–water partition coefficient (Wildman–Crippen LogP) is 3.90. The molecule has 0 aromatic rings. The molecule has 11 heteroatoms. The van der Waals surface area contributed by atoms with E-state index >= 15 is 0 Å². The molecule has 0 amide bonds. The fourth-order valence-electron chi connectivity index (χ4n) is 6.44. The third kappa shape index (κ3) is 7.90. The third-order valence-corrected chi connectivity index (χ3v) is 8.34. The monoisotopic (exact) mass is 618 g/mol. The van der Waals surface area contributed by atoms with Crippen LogP contribution in [0.5, 0.6) is 0 Å². The largest absolute Gasteiger partial charge is 0.462 e. The van der Waals surface area contributed by atoms with Gasteiger partial charge in [0.15, 0.2) is 11.9 Å². The molecule has 244 valence electrons. The van der Waals surface area contributed by atoms with Crippen molar-refractivity contribution < 1.29 is 52.5 Å². The Kier molecular flexibility index (Phi) is 11.6. The number of carbonyl (C=O) groups is 7. The number of allylic oxidation sites excluding steroid dienone is 2. The van der Waals surface area contributed by atoms with Crippen molar-refractivity contribution in [3.63, 3.8) is 0 Å². The molecule has 0 aliphatic heterocycles. The summed E-state index contributed by atoms with van der Waals surface area (Å²) in [7, 11) is 0. The van der Waals surface area contributed by atoms with E-state index in [9.17, 15) is 33.6 Å². The van der Waals surface area contributed by atoms with Crippen LogP contribution in [0.3, 0.4) is 0 Å². The number of ether oxygens (including phenoxy) is 4. The molecule has 2 aliphatic rings. The molecule has 2 aliphatic carbocycles. The van der Waals surface area contributed by atoms with Crippen molar-refractivity contribution in [3.05, 3.63) is 24.3 Å². The van der Waals surface area contributed by atoms with Gasteiger partial charge in [-0.25, -0.2) is 0 Å². The molecular formula is C33H46O11. The van der Waals surface area contributed by atoms with Crippen LogP contribution in [0, 0.1) is 34.5 Å². The van der Waals surface area contributed by atoms with E-state index in [0.29, 0.717) is 0 Å². The van der Waals surface area contributed by atoms with Gasteiger partial charge >= 0.3 is 23.9 Å². The van der Waals surface area contributed by atoms with Gasteiger partial charge in [-0.3, -0.25) is 33.6 Å². The van der Waals surface area contributed by atoms with E-state index in [1.807, 2.05) is 0 Å². The lowest BCUT2D eigenvalue weighted by Gasteiger charge is -2.43. The maximum Gasteiger partial charge on any atom is 0.309 e. The van der Waals surface area contributed by atoms with Crippen molar-refractivity contribution >= 4 is 41.2 Å². The first kappa shape index (κ1) is 36.6. The van der Waals surface area contributed by atoms with E-state index in [0.717, 1.165) is 13.8 Å². The SMILES string of the molecule is C=C1[C@H](OC(C)=O)[C@H]2[C@@H](OC(C)=O)[C@@H](C)C[C@]2(CC(C)=O)C(=O)[C@H](C)/C=C/C(C)(C)C(=O)[C@H](OC(=O)C(C)C)[C@H]1OC(C)=O. The number of hydrogen-bond donors (Lipinski definition) is 0. The van der Waals surface area contributed by atoms with Crippen LogP contribution in [0.25, 0.3) is 0 Å². The van der Waals surface area contributed by atoms with Crippen LogP contribution in [0.15, 0.2) is 24.3 Å². The molecule has 0 N–H and O–H groups in total. The van der Waals surface area contributed by atoms with Crippen molar-refractivity contribution in [1.29, 1.82) is 0 Å². The van der Waals surface area contributed by atoms with Gasteiger partial charge in [0.25, 0.3) is 0 Å². The van der Waals surface area contributed by atoms with Gasteiger partial charge in [0.05, 0.1) is 11.8 Å². The highest BCUT2D eigenvalue weighted by atomic mass is 16.6. The quantitative estimate of drug-likeness (QED) is 0.232. The molecule has 1 fully saturated rings. The number of rotatable bonds is 7. The zero-order chi connectivity index (χ0) is 33.9. The molecule has 0 heterocycles. The minimum atomic E-state index is -1.72. The highest BCUT2D eigenvalue weighted by Gasteiger charge is 2.63. The molecule has 0 radical (unpaired) electrons. The van der Waals surface area contributed by atoms with Crippen molar-refractivity contribution in [2.45, 2.75) is 106 Å². The summed E-state index contributed by atoms with van der Waals surface area (Å²) >= 11 is 0. The number of carbonyl (C=O) groups excluding carboxylic acids is 7. The number of fused-ring (bicyclic) bond motifs is 1. The Morgan fingerprint density at radius 3 is 1.84 bits per heavy atom. The van der Waals surface area contributed by atoms with E-state index in [1.54, 1.807) is 47.6 Å². The van der Waals surface area contributed by atoms with Crippen molar-refractivity contribution in [2.75, 3.05) is 0 Å². The summed E-state index contributed by atoms with van der Waals surface area (Å²) < 4.78 is 22.9. The van der Waals surface area contributed by atoms with Gasteiger partial charge in [0.2, 0.25) is 6.10 Å². The Morgan fingerprint density at radius 1 is 0.841 bits per heavy atom. The average Bonchev–Trinajstić information content (AvgIpc) is 3.15. The molecule has 0 spiro atoms. The lowest BCUT2D eigenvalue weighted by Crippen LogP contribution is -2.54. The first-order valence-electron chi connectivity index (χ1n) is 14.8. The fraction of sp³-hybridized carbons (Fsp3) is 0.667. The summed E-state index contributed by atoms with van der Waals surface area (Å²) in [5.41, 5.74) is -3.03. The Hall–Kier alpha value is -3.63. The molecule has 0 saturated heterocycles. The fourth-order valence-corrected chi connectivity index (χ4v) is 6.44. The second kappa shape index (κ2) is 14.0. The smallest absolute Gasteiger partial charge is 0.309 e. The van der Waals surface area contributed by atoms with Crippen molar-refractivity contribution in [2.24, 2.45) is 34.5 Å². The predicted molar refractivity (Wildman–Crippen MR) is 158 cm³/mol. The number of Topliss-reactive ketones (excluding diaryl/α,β-unsaturated/α-hetero) is 3. The Balaban J connectivity index is 3.08. The van der Waals surface area contributed by atoms with Gasteiger partial charge in [-0.2, -0.15) is 0 Å². The third-order valence-electron chi connectivity index (χ3n) is 8.34. The first-order valence-corrected chi connectivity index (χ1v) is 14.8. The summed E-state index contributed by atoms with van der Waals surface area (Å²) in [5.74, 6) is -7.63. The van der Waals surface area contributed by atoms with Crippen LogP contribution in [-0.4, -0.2) is 65.6 Å². The second-order valence-corrected chi connectivity index (χ2v) is 13.1. The van der Waals surface area contributed by atoms with E-state index < -0.39 is 88.6 Å². The Labute approximate surface area is 259 Å². The molecule has 0 aromatic carbocycles. The van der Waals surface area contributed by atoms with Crippen molar-refractivity contribution in [3.8, 4) is 0 Å². The van der Waals surface area contributed by atoms with Crippen LogP contribution in [-0.2, 0) is 52.5 Å². The number of hydrogen-bond acceptors (Lipinski definition) is 11. The maximum atomic E-state index is 14.5. The van der Waals surface area contributed by atoms with Crippen LogP contribution in [0.2, 0.25) is 0 Å². The number of ketones is 3. The summed E-state index contributed by atoms with van der Waals surface area (Å²) in [4.78, 5) is 91.9. The van der Waals surface area contributed by atoms with E-state index in [2.05, 4.69) is 6.58 Å². The minimum Gasteiger partial charge on any atom is -0.462 e. The van der Waals surface area contributed by atoms with Crippen LogP contribution in [0.1, 0.15) is 82.1 Å². The normalized spacial score (nSPS) is 32.9. The molecule has 44 heavy (non-hydrogen) atoms. The van der Waals surface area contributed by atoms with Gasteiger partial charge in [-0.1, -0.05) is 46.4 Å². The second-order valence-electron chi connectivity index (χ2n) is 13.1. The van der Waals surface area contributed by atoms with Crippen LogP contribution in [0.4, 0.5) is 0 Å².